The lowest BCUT2D eigenvalue weighted by Crippen LogP contribution is -2.30. The second-order valence-electron chi connectivity index (χ2n) is 3.83. The van der Waals surface area contributed by atoms with E-state index in [9.17, 15) is 0 Å². The smallest absolute Gasteiger partial charge is 0.0766 e. The maximum Gasteiger partial charge on any atom is 0.0766 e. The average molecular weight is 306 g/mol. The highest BCUT2D eigenvalue weighted by molar-refractivity contribution is 9.10. The molecule has 1 atom stereocenters. The molecule has 1 unspecified atom stereocenters. The van der Waals surface area contributed by atoms with Crippen molar-refractivity contribution in [2.45, 2.75) is 25.8 Å². The number of halogens is 1. The Bertz CT molecular complexity index is 338. The monoisotopic (exact) mass is 305 g/mol. The Morgan fingerprint density at radius 3 is 2.69 bits per heavy atom. The lowest BCUT2D eigenvalue weighted by molar-refractivity contribution is 0.580. The summed E-state index contributed by atoms with van der Waals surface area (Å²) in [6.07, 6.45) is 4.13. The first-order valence-electron chi connectivity index (χ1n) is 5.50. The molecule has 0 aromatic carbocycles. The summed E-state index contributed by atoms with van der Waals surface area (Å²) in [5, 5.41) is 7.86. The Morgan fingerprint density at radius 1 is 1.56 bits per heavy atom. The maximum absolute atomic E-state index is 4.51. The molecule has 0 bridgehead atoms. The summed E-state index contributed by atoms with van der Waals surface area (Å²) in [7, 11) is 4.04. The first-order valence-corrected chi connectivity index (χ1v) is 7.69. The minimum Gasteiger partial charge on any atom is -0.316 e. The molecule has 0 aliphatic rings. The number of nitrogens with one attached hydrogen (secondary N) is 1. The second kappa shape index (κ2) is 6.67. The summed E-state index contributed by atoms with van der Waals surface area (Å²) in [6.45, 7) is 2.13. The van der Waals surface area contributed by atoms with E-state index in [0.29, 0.717) is 6.04 Å². The van der Waals surface area contributed by atoms with Gasteiger partial charge in [0.2, 0.25) is 0 Å². The number of hydrogen-bond acceptors (Lipinski definition) is 3. The molecule has 0 fully saturated rings. The summed E-state index contributed by atoms with van der Waals surface area (Å²) in [4.78, 5) is 0. The molecule has 0 radical (unpaired) electrons. The standard InChI is InChI=1S/C11H20BrN3S/c1-5-9-11(12)10(15(3)14-9)6-8(13-2)7-16-4/h8,13H,5-7H2,1-4H3. The average Bonchev–Trinajstić information content (AvgIpc) is 2.55. The lowest BCUT2D eigenvalue weighted by atomic mass is 10.1. The third kappa shape index (κ3) is 3.25. The maximum atomic E-state index is 4.51. The van der Waals surface area contributed by atoms with Crippen LogP contribution in [0.1, 0.15) is 18.3 Å². The van der Waals surface area contributed by atoms with Crippen LogP contribution in [0.2, 0.25) is 0 Å². The Balaban J connectivity index is 2.82. The Morgan fingerprint density at radius 2 is 2.25 bits per heavy atom. The molecular formula is C11H20BrN3S. The van der Waals surface area contributed by atoms with E-state index >= 15 is 0 Å². The van der Waals surface area contributed by atoms with E-state index in [1.165, 1.54) is 10.2 Å². The van der Waals surface area contributed by atoms with Crippen molar-refractivity contribution in [2.24, 2.45) is 7.05 Å². The largest absolute Gasteiger partial charge is 0.316 e. The van der Waals surface area contributed by atoms with Gasteiger partial charge >= 0.3 is 0 Å². The number of likely N-dealkylation sites (N-methyl/N-ethyl adjacent to an activating group) is 1. The van der Waals surface area contributed by atoms with E-state index in [0.717, 1.165) is 24.3 Å². The first kappa shape index (κ1) is 14.1. The molecule has 1 heterocycles. The quantitative estimate of drug-likeness (QED) is 0.874. The van der Waals surface area contributed by atoms with Crippen molar-refractivity contribution in [3.63, 3.8) is 0 Å². The van der Waals surface area contributed by atoms with Gasteiger partial charge < -0.3 is 5.32 Å². The summed E-state index contributed by atoms with van der Waals surface area (Å²) < 4.78 is 3.17. The van der Waals surface area contributed by atoms with Gasteiger partial charge in [0.25, 0.3) is 0 Å². The number of thioether (sulfide) groups is 1. The van der Waals surface area contributed by atoms with Crippen LogP contribution in [0.5, 0.6) is 0 Å². The van der Waals surface area contributed by atoms with Crippen molar-refractivity contribution in [3.8, 4) is 0 Å². The SMILES string of the molecule is CCc1nn(C)c(CC(CSC)NC)c1Br. The molecular weight excluding hydrogens is 286 g/mol. The Hall–Kier alpha value is -0.0000000000000000555. The zero-order chi connectivity index (χ0) is 12.1. The van der Waals surface area contributed by atoms with Crippen molar-refractivity contribution in [2.75, 3.05) is 19.1 Å². The fourth-order valence-corrected chi connectivity index (χ4v) is 3.19. The van der Waals surface area contributed by atoms with Crippen molar-refractivity contribution in [3.05, 3.63) is 15.9 Å². The fraction of sp³-hybridized carbons (Fsp3) is 0.727. The zero-order valence-corrected chi connectivity index (χ0v) is 12.8. The van der Waals surface area contributed by atoms with Crippen LogP contribution in [-0.2, 0) is 19.9 Å². The highest BCUT2D eigenvalue weighted by Gasteiger charge is 2.16. The van der Waals surface area contributed by atoms with Gasteiger partial charge in [0.15, 0.2) is 0 Å². The molecule has 1 N–H and O–H groups in total. The summed E-state index contributed by atoms with van der Waals surface area (Å²) in [5.74, 6) is 1.12. The van der Waals surface area contributed by atoms with E-state index in [-0.39, 0.29) is 0 Å². The number of hydrogen-bond donors (Lipinski definition) is 1. The van der Waals surface area contributed by atoms with Gasteiger partial charge in [-0.25, -0.2) is 0 Å². The summed E-state index contributed by atoms with van der Waals surface area (Å²) >= 11 is 5.52. The molecule has 5 heteroatoms. The predicted molar refractivity (Wildman–Crippen MR) is 75.2 cm³/mol. The Kier molecular flexibility index (Phi) is 5.86. The van der Waals surface area contributed by atoms with Gasteiger partial charge in [0, 0.05) is 25.3 Å². The van der Waals surface area contributed by atoms with Crippen LogP contribution in [0.25, 0.3) is 0 Å². The van der Waals surface area contributed by atoms with Gasteiger partial charge in [-0.05, 0) is 35.7 Å². The van der Waals surface area contributed by atoms with E-state index in [2.05, 4.69) is 39.5 Å². The molecule has 0 amide bonds. The second-order valence-corrected chi connectivity index (χ2v) is 5.53. The van der Waals surface area contributed by atoms with E-state index in [4.69, 9.17) is 0 Å². The van der Waals surface area contributed by atoms with Crippen LogP contribution in [0, 0.1) is 0 Å². The van der Waals surface area contributed by atoms with Crippen LogP contribution in [0.15, 0.2) is 4.47 Å². The van der Waals surface area contributed by atoms with Crippen molar-refractivity contribution in [1.82, 2.24) is 15.1 Å². The molecule has 0 aliphatic carbocycles. The summed E-state index contributed by atoms with van der Waals surface area (Å²) in [5.41, 5.74) is 2.43. The predicted octanol–water partition coefficient (Wildman–Crippen LogP) is 2.24. The number of aromatic nitrogens is 2. The van der Waals surface area contributed by atoms with E-state index < -0.39 is 0 Å². The van der Waals surface area contributed by atoms with E-state index in [1.807, 2.05) is 30.5 Å². The Labute approximate surface area is 110 Å². The number of aryl methyl sites for hydroxylation is 2. The molecule has 92 valence electrons. The molecule has 0 aliphatic heterocycles. The highest BCUT2D eigenvalue weighted by atomic mass is 79.9. The van der Waals surface area contributed by atoms with Crippen molar-refractivity contribution < 1.29 is 0 Å². The van der Waals surface area contributed by atoms with Crippen LogP contribution in [-0.4, -0.2) is 34.9 Å². The topological polar surface area (TPSA) is 29.9 Å². The molecule has 1 rings (SSSR count). The van der Waals surface area contributed by atoms with Crippen molar-refractivity contribution in [1.29, 1.82) is 0 Å². The molecule has 1 aromatic rings. The highest BCUT2D eigenvalue weighted by Crippen LogP contribution is 2.23. The minimum absolute atomic E-state index is 0.506. The van der Waals surface area contributed by atoms with Crippen LogP contribution in [0.3, 0.4) is 0 Å². The van der Waals surface area contributed by atoms with Gasteiger partial charge in [-0.15, -0.1) is 0 Å². The molecule has 0 saturated heterocycles. The van der Waals surface area contributed by atoms with Gasteiger partial charge in [-0.2, -0.15) is 16.9 Å². The molecule has 0 spiro atoms. The van der Waals surface area contributed by atoms with Crippen LogP contribution < -0.4 is 5.32 Å². The molecule has 1 aromatic heterocycles. The van der Waals surface area contributed by atoms with Crippen molar-refractivity contribution >= 4 is 27.7 Å². The molecule has 16 heavy (non-hydrogen) atoms. The van der Waals surface area contributed by atoms with Crippen LogP contribution >= 0.6 is 27.7 Å². The normalized spacial score (nSPS) is 13.1. The van der Waals surface area contributed by atoms with Gasteiger partial charge in [0.1, 0.15) is 0 Å². The number of rotatable bonds is 6. The molecule has 0 saturated carbocycles. The third-order valence-electron chi connectivity index (χ3n) is 2.72. The fourth-order valence-electron chi connectivity index (χ4n) is 1.72. The number of nitrogens with zero attached hydrogens (tertiary/aromatic N) is 2. The lowest BCUT2D eigenvalue weighted by Gasteiger charge is -2.15. The third-order valence-corrected chi connectivity index (χ3v) is 4.37. The zero-order valence-electron chi connectivity index (χ0n) is 10.4. The first-order chi connectivity index (χ1) is 7.63. The van der Waals surface area contributed by atoms with E-state index in [1.54, 1.807) is 0 Å². The summed E-state index contributed by atoms with van der Waals surface area (Å²) in [6, 6.07) is 0.506. The van der Waals surface area contributed by atoms with Gasteiger partial charge in [-0.3, -0.25) is 4.68 Å². The van der Waals surface area contributed by atoms with Gasteiger partial charge in [0.05, 0.1) is 15.9 Å². The van der Waals surface area contributed by atoms with Gasteiger partial charge in [-0.1, -0.05) is 6.92 Å². The van der Waals surface area contributed by atoms with Crippen LogP contribution in [0.4, 0.5) is 0 Å². The molecule has 3 nitrogen and oxygen atoms in total. The minimum atomic E-state index is 0.506.